The third-order valence-corrected chi connectivity index (χ3v) is 4.28. The van der Waals surface area contributed by atoms with E-state index in [9.17, 15) is 14.4 Å². The lowest BCUT2D eigenvalue weighted by atomic mass is 10.0. The predicted molar refractivity (Wildman–Crippen MR) is 104 cm³/mol. The second kappa shape index (κ2) is 8.52. The number of Topliss-reactive ketones (excluding diaryl/α,β-unsaturated/α-hetero) is 1. The van der Waals surface area contributed by atoms with Crippen LogP contribution in [-0.4, -0.2) is 24.5 Å². The highest BCUT2D eigenvalue weighted by molar-refractivity contribution is 6.00. The standard InChI is InChI=1S/C22H20O6/c1-3-15-4-6-17(7-5-15)22(25)14(2)27-21(24)13-26-18-10-8-16-9-11-20(23)28-19(16)12-18/h4-12,14H,3,13H2,1-2H3. The Bertz CT molecular complexity index is 1050. The van der Waals surface area contributed by atoms with Crippen molar-refractivity contribution in [3.63, 3.8) is 0 Å². The van der Waals surface area contributed by atoms with Gasteiger partial charge in [0.05, 0.1) is 0 Å². The molecule has 144 valence electrons. The Labute approximate surface area is 161 Å². The zero-order chi connectivity index (χ0) is 20.1. The molecule has 3 rings (SSSR count). The fourth-order valence-electron chi connectivity index (χ4n) is 2.70. The fourth-order valence-corrected chi connectivity index (χ4v) is 2.70. The Morgan fingerprint density at radius 1 is 1.04 bits per heavy atom. The fraction of sp³-hybridized carbons (Fsp3) is 0.227. The van der Waals surface area contributed by atoms with E-state index >= 15 is 0 Å². The van der Waals surface area contributed by atoms with E-state index in [4.69, 9.17) is 13.9 Å². The Kier molecular flexibility index (Phi) is 5.89. The van der Waals surface area contributed by atoms with E-state index in [1.165, 1.54) is 19.1 Å². The third kappa shape index (κ3) is 4.65. The van der Waals surface area contributed by atoms with Crippen LogP contribution in [0.2, 0.25) is 0 Å². The Morgan fingerprint density at radius 3 is 2.46 bits per heavy atom. The molecule has 0 fully saturated rings. The lowest BCUT2D eigenvalue weighted by Crippen LogP contribution is -2.27. The summed E-state index contributed by atoms with van der Waals surface area (Å²) in [6.07, 6.45) is -0.0349. The van der Waals surface area contributed by atoms with Crippen LogP contribution in [0.15, 0.2) is 63.8 Å². The number of ether oxygens (including phenoxy) is 2. The first-order chi connectivity index (χ1) is 13.5. The molecule has 0 spiro atoms. The van der Waals surface area contributed by atoms with Crippen molar-refractivity contribution in [2.45, 2.75) is 26.4 Å². The third-order valence-electron chi connectivity index (χ3n) is 4.28. The van der Waals surface area contributed by atoms with Gasteiger partial charge in [0, 0.05) is 23.1 Å². The highest BCUT2D eigenvalue weighted by Gasteiger charge is 2.19. The van der Waals surface area contributed by atoms with Crippen LogP contribution in [0.3, 0.4) is 0 Å². The molecule has 0 bridgehead atoms. The van der Waals surface area contributed by atoms with Gasteiger partial charge in [-0.1, -0.05) is 31.2 Å². The van der Waals surface area contributed by atoms with Crippen LogP contribution in [0.1, 0.15) is 29.8 Å². The lowest BCUT2D eigenvalue weighted by molar-refractivity contribution is -0.148. The van der Waals surface area contributed by atoms with E-state index in [2.05, 4.69) is 0 Å². The predicted octanol–water partition coefficient (Wildman–Crippen LogP) is 3.55. The largest absolute Gasteiger partial charge is 0.482 e. The van der Waals surface area contributed by atoms with Crippen LogP contribution in [0, 0.1) is 0 Å². The van der Waals surface area contributed by atoms with E-state index in [-0.39, 0.29) is 12.4 Å². The van der Waals surface area contributed by atoms with Crippen molar-refractivity contribution in [1.29, 1.82) is 0 Å². The highest BCUT2D eigenvalue weighted by atomic mass is 16.6. The molecule has 2 aromatic carbocycles. The number of hydrogen-bond donors (Lipinski definition) is 0. The van der Waals surface area contributed by atoms with Gasteiger partial charge in [-0.05, 0) is 37.1 Å². The molecule has 0 N–H and O–H groups in total. The molecule has 0 amide bonds. The monoisotopic (exact) mass is 380 g/mol. The molecule has 0 aliphatic heterocycles. The highest BCUT2D eigenvalue weighted by Crippen LogP contribution is 2.19. The van der Waals surface area contributed by atoms with Gasteiger partial charge in [0.2, 0.25) is 5.78 Å². The number of benzene rings is 2. The molecule has 1 aromatic heterocycles. The van der Waals surface area contributed by atoms with Gasteiger partial charge in [0.15, 0.2) is 12.7 Å². The van der Waals surface area contributed by atoms with E-state index < -0.39 is 17.7 Å². The number of carbonyl (C=O) groups is 2. The van der Waals surface area contributed by atoms with Gasteiger partial charge in [0.25, 0.3) is 0 Å². The van der Waals surface area contributed by atoms with Gasteiger partial charge in [0.1, 0.15) is 11.3 Å². The van der Waals surface area contributed by atoms with Gasteiger partial charge in [-0.15, -0.1) is 0 Å². The van der Waals surface area contributed by atoms with Gasteiger partial charge in [-0.3, -0.25) is 4.79 Å². The molecule has 0 aliphatic rings. The minimum Gasteiger partial charge on any atom is -0.482 e. The van der Waals surface area contributed by atoms with Gasteiger partial charge in [-0.2, -0.15) is 0 Å². The molecule has 0 aliphatic carbocycles. The van der Waals surface area contributed by atoms with Crippen LogP contribution in [0.5, 0.6) is 5.75 Å². The van der Waals surface area contributed by atoms with E-state index in [1.807, 2.05) is 19.1 Å². The van der Waals surface area contributed by atoms with Crippen molar-refractivity contribution in [3.05, 3.63) is 76.1 Å². The summed E-state index contributed by atoms with van der Waals surface area (Å²) in [5.41, 5.74) is 1.50. The normalized spacial score (nSPS) is 11.8. The van der Waals surface area contributed by atoms with E-state index in [0.717, 1.165) is 17.4 Å². The van der Waals surface area contributed by atoms with Crippen molar-refractivity contribution < 1.29 is 23.5 Å². The number of fused-ring (bicyclic) bond motifs is 1. The smallest absolute Gasteiger partial charge is 0.344 e. The van der Waals surface area contributed by atoms with Crippen LogP contribution in [-0.2, 0) is 16.0 Å². The zero-order valence-electron chi connectivity index (χ0n) is 15.6. The molecule has 1 atom stereocenters. The second-order valence-electron chi connectivity index (χ2n) is 6.29. The summed E-state index contributed by atoms with van der Waals surface area (Å²) in [7, 11) is 0. The van der Waals surface area contributed by atoms with Gasteiger partial charge < -0.3 is 13.9 Å². The van der Waals surface area contributed by atoms with Crippen molar-refractivity contribution >= 4 is 22.7 Å². The molecule has 0 saturated carbocycles. The molecule has 0 saturated heterocycles. The zero-order valence-corrected chi connectivity index (χ0v) is 15.6. The van der Waals surface area contributed by atoms with Crippen LogP contribution >= 0.6 is 0 Å². The topological polar surface area (TPSA) is 82.8 Å². The first-order valence-electron chi connectivity index (χ1n) is 8.95. The quantitative estimate of drug-likeness (QED) is 0.354. The molecule has 6 nitrogen and oxygen atoms in total. The summed E-state index contributed by atoms with van der Waals surface area (Å²) in [6, 6.07) is 15.1. The van der Waals surface area contributed by atoms with Crippen LogP contribution in [0.25, 0.3) is 11.0 Å². The first kappa shape index (κ1) is 19.4. The summed E-state index contributed by atoms with van der Waals surface area (Å²) in [5, 5.41) is 0.739. The number of carbonyl (C=O) groups excluding carboxylic acids is 2. The first-order valence-corrected chi connectivity index (χ1v) is 8.95. The summed E-state index contributed by atoms with van der Waals surface area (Å²) in [5.74, 6) is -0.586. The minimum atomic E-state index is -0.918. The molecular weight excluding hydrogens is 360 g/mol. The molecule has 28 heavy (non-hydrogen) atoms. The molecule has 1 heterocycles. The van der Waals surface area contributed by atoms with E-state index in [0.29, 0.717) is 16.9 Å². The minimum absolute atomic E-state index is 0.275. The average Bonchev–Trinajstić information content (AvgIpc) is 2.71. The van der Waals surface area contributed by atoms with Crippen molar-refractivity contribution in [2.24, 2.45) is 0 Å². The Hall–Kier alpha value is -3.41. The van der Waals surface area contributed by atoms with Crippen molar-refractivity contribution in [1.82, 2.24) is 0 Å². The molecule has 0 radical (unpaired) electrons. The lowest BCUT2D eigenvalue weighted by Gasteiger charge is -2.13. The maximum atomic E-state index is 12.4. The molecular formula is C22H20O6. The summed E-state index contributed by atoms with van der Waals surface area (Å²) in [6.45, 7) is 3.19. The number of ketones is 1. The van der Waals surface area contributed by atoms with Crippen molar-refractivity contribution in [3.8, 4) is 5.75 Å². The molecule has 6 heteroatoms. The maximum absolute atomic E-state index is 12.4. The Balaban J connectivity index is 1.57. The van der Waals surface area contributed by atoms with E-state index in [1.54, 1.807) is 30.3 Å². The van der Waals surface area contributed by atoms with Crippen LogP contribution < -0.4 is 10.4 Å². The average molecular weight is 380 g/mol. The van der Waals surface area contributed by atoms with Gasteiger partial charge >= 0.3 is 11.6 Å². The van der Waals surface area contributed by atoms with Gasteiger partial charge in [-0.25, -0.2) is 9.59 Å². The maximum Gasteiger partial charge on any atom is 0.344 e. The SMILES string of the molecule is CCc1ccc(C(=O)C(C)OC(=O)COc2ccc3ccc(=O)oc3c2)cc1. The second-order valence-corrected chi connectivity index (χ2v) is 6.29. The van der Waals surface area contributed by atoms with Crippen LogP contribution in [0.4, 0.5) is 0 Å². The molecule has 1 unspecified atom stereocenters. The summed E-state index contributed by atoms with van der Waals surface area (Å²) < 4.78 is 15.6. The summed E-state index contributed by atoms with van der Waals surface area (Å²) in [4.78, 5) is 35.7. The summed E-state index contributed by atoms with van der Waals surface area (Å²) >= 11 is 0. The number of hydrogen-bond acceptors (Lipinski definition) is 6. The number of aryl methyl sites for hydroxylation is 1. The molecule has 3 aromatic rings. The number of esters is 1. The van der Waals surface area contributed by atoms with Crippen molar-refractivity contribution in [2.75, 3.05) is 6.61 Å². The number of rotatable bonds is 7. The Morgan fingerprint density at radius 2 is 1.75 bits per heavy atom.